The van der Waals surface area contributed by atoms with Crippen LogP contribution < -0.4 is 5.56 Å². The second-order valence-corrected chi connectivity index (χ2v) is 7.25. The van der Waals surface area contributed by atoms with Crippen molar-refractivity contribution < 1.29 is 4.74 Å². The van der Waals surface area contributed by atoms with Gasteiger partial charge in [0.25, 0.3) is 5.56 Å². The molecule has 0 saturated carbocycles. The van der Waals surface area contributed by atoms with Crippen molar-refractivity contribution in [2.45, 2.75) is 25.4 Å². The standard InChI is InChI=1S/C20H27N3O2/c1-21-19-5-3-2-4-16(19)14-17(20(21)24)15-22-8-10-23(11-9-22)18-6-12-25-13-7-18/h2-5,14,18H,6-13,15H2,1H3. The van der Waals surface area contributed by atoms with E-state index < -0.39 is 0 Å². The van der Waals surface area contributed by atoms with Gasteiger partial charge in [0.2, 0.25) is 0 Å². The number of pyridine rings is 1. The number of piperazine rings is 1. The first kappa shape index (κ1) is 16.8. The molecule has 5 nitrogen and oxygen atoms in total. The summed E-state index contributed by atoms with van der Waals surface area (Å²) in [6.07, 6.45) is 2.32. The molecular weight excluding hydrogens is 314 g/mol. The Hall–Kier alpha value is -1.69. The zero-order chi connectivity index (χ0) is 17.2. The Labute approximate surface area is 148 Å². The molecule has 0 N–H and O–H groups in total. The summed E-state index contributed by atoms with van der Waals surface area (Å²) in [4.78, 5) is 17.7. The summed E-state index contributed by atoms with van der Waals surface area (Å²) in [7, 11) is 1.87. The molecule has 5 heteroatoms. The molecule has 2 aromatic rings. The molecule has 0 aliphatic carbocycles. The number of aryl methyl sites for hydroxylation is 1. The van der Waals surface area contributed by atoms with Crippen LogP contribution in [0.2, 0.25) is 0 Å². The lowest BCUT2D eigenvalue weighted by molar-refractivity contribution is 0.0125. The van der Waals surface area contributed by atoms with Crippen LogP contribution in [0.3, 0.4) is 0 Å². The number of hydrogen-bond donors (Lipinski definition) is 0. The maximum Gasteiger partial charge on any atom is 0.255 e. The highest BCUT2D eigenvalue weighted by Gasteiger charge is 2.25. The molecule has 3 heterocycles. The quantitative estimate of drug-likeness (QED) is 0.854. The lowest BCUT2D eigenvalue weighted by Gasteiger charge is -2.40. The second-order valence-electron chi connectivity index (χ2n) is 7.25. The number of rotatable bonds is 3. The van der Waals surface area contributed by atoms with Gasteiger partial charge < -0.3 is 9.30 Å². The van der Waals surface area contributed by atoms with Crippen LogP contribution in [-0.2, 0) is 18.3 Å². The number of hydrogen-bond acceptors (Lipinski definition) is 4. The average molecular weight is 341 g/mol. The minimum Gasteiger partial charge on any atom is -0.381 e. The van der Waals surface area contributed by atoms with E-state index in [4.69, 9.17) is 4.74 Å². The highest BCUT2D eigenvalue weighted by Crippen LogP contribution is 2.18. The Morgan fingerprint density at radius 2 is 1.80 bits per heavy atom. The average Bonchev–Trinajstić information content (AvgIpc) is 2.67. The number of aromatic nitrogens is 1. The lowest BCUT2D eigenvalue weighted by atomic mass is 10.1. The second kappa shape index (κ2) is 7.28. The molecule has 1 aromatic heterocycles. The fraction of sp³-hybridized carbons (Fsp3) is 0.550. The van der Waals surface area contributed by atoms with E-state index in [1.165, 1.54) is 0 Å². The van der Waals surface area contributed by atoms with Crippen molar-refractivity contribution >= 4 is 10.9 Å². The lowest BCUT2D eigenvalue weighted by Crippen LogP contribution is -2.51. The minimum atomic E-state index is 0.130. The van der Waals surface area contributed by atoms with E-state index in [0.29, 0.717) is 6.04 Å². The van der Waals surface area contributed by atoms with E-state index in [2.05, 4.69) is 21.9 Å². The van der Waals surface area contributed by atoms with Crippen molar-refractivity contribution in [3.8, 4) is 0 Å². The number of para-hydroxylation sites is 1. The van der Waals surface area contributed by atoms with Crippen molar-refractivity contribution in [2.24, 2.45) is 7.05 Å². The molecule has 2 fully saturated rings. The molecule has 0 bridgehead atoms. The van der Waals surface area contributed by atoms with Gasteiger partial charge >= 0.3 is 0 Å². The van der Waals surface area contributed by atoms with E-state index in [0.717, 1.165) is 75.2 Å². The SMILES string of the molecule is Cn1c(=O)c(CN2CCN(C3CCOCC3)CC2)cc2ccccc21. The summed E-state index contributed by atoms with van der Waals surface area (Å²) in [6.45, 7) is 6.81. The molecule has 0 amide bonds. The largest absolute Gasteiger partial charge is 0.381 e. The van der Waals surface area contributed by atoms with Crippen molar-refractivity contribution in [3.63, 3.8) is 0 Å². The summed E-state index contributed by atoms with van der Waals surface area (Å²) in [5.41, 5.74) is 2.03. The van der Waals surface area contributed by atoms with Gasteiger partial charge in [0.1, 0.15) is 0 Å². The highest BCUT2D eigenvalue weighted by molar-refractivity contribution is 5.79. The molecule has 25 heavy (non-hydrogen) atoms. The summed E-state index contributed by atoms with van der Waals surface area (Å²) >= 11 is 0. The third kappa shape index (κ3) is 3.50. The molecule has 134 valence electrons. The van der Waals surface area contributed by atoms with E-state index in [1.54, 1.807) is 4.57 Å². The molecule has 2 saturated heterocycles. The fourth-order valence-corrected chi connectivity index (χ4v) is 4.18. The number of fused-ring (bicyclic) bond motifs is 1. The Kier molecular flexibility index (Phi) is 4.88. The number of nitrogens with zero attached hydrogens (tertiary/aromatic N) is 3. The molecular formula is C20H27N3O2. The summed E-state index contributed by atoms with van der Waals surface area (Å²) in [5, 5.41) is 1.14. The van der Waals surface area contributed by atoms with Crippen LogP contribution in [-0.4, -0.2) is 59.8 Å². The van der Waals surface area contributed by atoms with Gasteiger partial charge in [-0.15, -0.1) is 0 Å². The van der Waals surface area contributed by atoms with Crippen molar-refractivity contribution in [2.75, 3.05) is 39.4 Å². The molecule has 0 unspecified atom stereocenters. The van der Waals surface area contributed by atoms with Gasteiger partial charge in [0, 0.05) is 64.6 Å². The molecule has 4 rings (SSSR count). The Bertz CT molecular complexity index is 787. The minimum absolute atomic E-state index is 0.130. The maximum absolute atomic E-state index is 12.7. The Morgan fingerprint density at radius 1 is 1.08 bits per heavy atom. The third-order valence-electron chi connectivity index (χ3n) is 5.72. The van der Waals surface area contributed by atoms with E-state index in [9.17, 15) is 4.79 Å². The smallest absolute Gasteiger partial charge is 0.255 e. The molecule has 0 spiro atoms. The van der Waals surface area contributed by atoms with Gasteiger partial charge in [-0.1, -0.05) is 18.2 Å². The third-order valence-corrected chi connectivity index (χ3v) is 5.72. The topological polar surface area (TPSA) is 37.7 Å². The van der Waals surface area contributed by atoms with Gasteiger partial charge in [-0.05, 0) is 30.4 Å². The molecule has 2 aliphatic heterocycles. The van der Waals surface area contributed by atoms with Crippen LogP contribution in [0.25, 0.3) is 10.9 Å². The maximum atomic E-state index is 12.7. The van der Waals surface area contributed by atoms with Gasteiger partial charge in [0.15, 0.2) is 0 Å². The predicted molar refractivity (Wildman–Crippen MR) is 99.9 cm³/mol. The Balaban J connectivity index is 1.44. The molecule has 0 atom stereocenters. The number of ether oxygens (including phenoxy) is 1. The zero-order valence-electron chi connectivity index (χ0n) is 15.0. The first-order valence-corrected chi connectivity index (χ1v) is 9.34. The van der Waals surface area contributed by atoms with Crippen LogP contribution in [0.1, 0.15) is 18.4 Å². The van der Waals surface area contributed by atoms with Crippen LogP contribution in [0.4, 0.5) is 0 Å². The van der Waals surface area contributed by atoms with Gasteiger partial charge in [-0.3, -0.25) is 14.6 Å². The van der Waals surface area contributed by atoms with Crippen LogP contribution in [0, 0.1) is 0 Å². The number of benzene rings is 1. The van der Waals surface area contributed by atoms with Gasteiger partial charge in [-0.25, -0.2) is 0 Å². The first-order chi connectivity index (χ1) is 12.2. The first-order valence-electron chi connectivity index (χ1n) is 9.34. The van der Waals surface area contributed by atoms with Crippen molar-refractivity contribution in [1.82, 2.24) is 14.4 Å². The highest BCUT2D eigenvalue weighted by atomic mass is 16.5. The molecule has 0 radical (unpaired) electrons. The summed E-state index contributed by atoms with van der Waals surface area (Å²) in [5.74, 6) is 0. The predicted octanol–water partition coefficient (Wildman–Crippen LogP) is 1.84. The van der Waals surface area contributed by atoms with Gasteiger partial charge in [0.05, 0.1) is 5.52 Å². The van der Waals surface area contributed by atoms with Gasteiger partial charge in [-0.2, -0.15) is 0 Å². The van der Waals surface area contributed by atoms with Crippen LogP contribution in [0.5, 0.6) is 0 Å². The molecule has 2 aliphatic rings. The normalized spacial score (nSPS) is 21.0. The molecule has 1 aromatic carbocycles. The summed E-state index contributed by atoms with van der Waals surface area (Å²) < 4.78 is 7.26. The van der Waals surface area contributed by atoms with Crippen molar-refractivity contribution in [3.05, 3.63) is 46.2 Å². The van der Waals surface area contributed by atoms with E-state index in [-0.39, 0.29) is 5.56 Å². The van der Waals surface area contributed by atoms with Crippen LogP contribution in [0.15, 0.2) is 35.1 Å². The van der Waals surface area contributed by atoms with Crippen molar-refractivity contribution in [1.29, 1.82) is 0 Å². The van der Waals surface area contributed by atoms with E-state index >= 15 is 0 Å². The summed E-state index contributed by atoms with van der Waals surface area (Å²) in [6, 6.07) is 10.9. The van der Waals surface area contributed by atoms with E-state index in [1.807, 2.05) is 25.2 Å². The fourth-order valence-electron chi connectivity index (χ4n) is 4.18. The Morgan fingerprint density at radius 3 is 2.56 bits per heavy atom. The zero-order valence-corrected chi connectivity index (χ0v) is 15.0. The van der Waals surface area contributed by atoms with Crippen LogP contribution >= 0.6 is 0 Å². The monoisotopic (exact) mass is 341 g/mol.